The van der Waals surface area contributed by atoms with Gasteiger partial charge in [-0.15, -0.1) is 11.3 Å². The van der Waals surface area contributed by atoms with Crippen molar-refractivity contribution in [1.29, 1.82) is 0 Å². The fourth-order valence-electron chi connectivity index (χ4n) is 2.77. The van der Waals surface area contributed by atoms with Crippen molar-refractivity contribution >= 4 is 32.6 Å². The van der Waals surface area contributed by atoms with Gasteiger partial charge in [0.1, 0.15) is 16.2 Å². The highest BCUT2D eigenvalue weighted by Gasteiger charge is 2.12. The third-order valence-corrected chi connectivity index (χ3v) is 5.31. The second-order valence-electron chi connectivity index (χ2n) is 5.71. The summed E-state index contributed by atoms with van der Waals surface area (Å²) in [5.74, 6) is 0.576. The number of fused-ring (bicyclic) bond motifs is 2. The number of aromatic amines is 2. The molecule has 8 heteroatoms. The van der Waals surface area contributed by atoms with E-state index in [-0.39, 0.29) is 11.1 Å². The van der Waals surface area contributed by atoms with Crippen LogP contribution in [0.25, 0.3) is 21.3 Å². The zero-order chi connectivity index (χ0) is 16.8. The molecule has 0 amide bonds. The van der Waals surface area contributed by atoms with E-state index in [0.717, 1.165) is 15.3 Å². The monoisotopic (exact) mass is 341 g/mol. The summed E-state index contributed by atoms with van der Waals surface area (Å²) in [5.41, 5.74) is 1.86. The maximum Gasteiger partial charge on any atom is 0.277 e. The van der Waals surface area contributed by atoms with Crippen LogP contribution in [0.1, 0.15) is 16.3 Å². The van der Waals surface area contributed by atoms with Crippen LogP contribution >= 0.6 is 11.3 Å². The number of thiophene rings is 1. The van der Waals surface area contributed by atoms with Crippen molar-refractivity contribution in [3.63, 3.8) is 0 Å². The highest BCUT2D eigenvalue weighted by molar-refractivity contribution is 7.18. The van der Waals surface area contributed by atoms with E-state index in [1.165, 1.54) is 22.2 Å². The predicted molar refractivity (Wildman–Crippen MR) is 93.8 cm³/mol. The van der Waals surface area contributed by atoms with E-state index in [0.29, 0.717) is 35.2 Å². The first-order chi connectivity index (χ1) is 11.5. The highest BCUT2D eigenvalue weighted by Crippen LogP contribution is 2.25. The molecule has 4 heterocycles. The molecule has 0 radical (unpaired) electrons. The van der Waals surface area contributed by atoms with Gasteiger partial charge in [-0.25, -0.2) is 9.97 Å². The average molecular weight is 341 g/mol. The van der Waals surface area contributed by atoms with E-state index < -0.39 is 0 Å². The number of nitrogens with one attached hydrogen (secondary N) is 2. The lowest BCUT2D eigenvalue weighted by Crippen LogP contribution is -2.22. The van der Waals surface area contributed by atoms with Crippen LogP contribution in [0.15, 0.2) is 28.2 Å². The zero-order valence-corrected chi connectivity index (χ0v) is 14.0. The smallest absolute Gasteiger partial charge is 0.277 e. The number of aryl methyl sites for hydroxylation is 4. The molecule has 0 spiro atoms. The molecular weight excluding hydrogens is 326 g/mol. The molecule has 2 N–H and O–H groups in total. The van der Waals surface area contributed by atoms with Gasteiger partial charge >= 0.3 is 0 Å². The van der Waals surface area contributed by atoms with Gasteiger partial charge in [0.15, 0.2) is 0 Å². The van der Waals surface area contributed by atoms with Gasteiger partial charge in [-0.05, 0) is 25.5 Å². The van der Waals surface area contributed by atoms with Gasteiger partial charge in [0, 0.05) is 24.0 Å². The number of H-pyrrole nitrogens is 2. The van der Waals surface area contributed by atoms with Gasteiger partial charge in [0.05, 0.1) is 17.2 Å². The largest absolute Gasteiger partial charge is 0.355 e. The van der Waals surface area contributed by atoms with Gasteiger partial charge < -0.3 is 9.97 Å². The van der Waals surface area contributed by atoms with E-state index in [9.17, 15) is 9.59 Å². The van der Waals surface area contributed by atoms with Gasteiger partial charge in [-0.1, -0.05) is 0 Å². The molecule has 24 heavy (non-hydrogen) atoms. The summed E-state index contributed by atoms with van der Waals surface area (Å²) in [6.45, 7) is 4.32. The minimum Gasteiger partial charge on any atom is -0.355 e. The molecule has 0 fully saturated rings. The first-order valence-electron chi connectivity index (χ1n) is 7.56. The third kappa shape index (κ3) is 2.26. The van der Waals surface area contributed by atoms with Gasteiger partial charge in [-0.2, -0.15) is 0 Å². The Labute approximate surface area is 140 Å². The predicted octanol–water partition coefficient (Wildman–Crippen LogP) is 1.88. The minimum atomic E-state index is -0.128. The molecule has 0 saturated heterocycles. The fraction of sp³-hybridized carbons (Fsp3) is 0.250. The molecule has 122 valence electrons. The topological polar surface area (TPSA) is 96.4 Å². The van der Waals surface area contributed by atoms with Crippen molar-refractivity contribution in [3.8, 4) is 0 Å². The first kappa shape index (κ1) is 14.8. The van der Waals surface area contributed by atoms with E-state index >= 15 is 0 Å². The van der Waals surface area contributed by atoms with Crippen molar-refractivity contribution in [3.05, 3.63) is 55.6 Å². The van der Waals surface area contributed by atoms with Gasteiger partial charge in [0.25, 0.3) is 11.1 Å². The third-order valence-electron chi connectivity index (χ3n) is 4.21. The first-order valence-corrected chi connectivity index (χ1v) is 8.37. The summed E-state index contributed by atoms with van der Waals surface area (Å²) in [6.07, 6.45) is 3.67. The SMILES string of the molecule is Cc1sc2nc(CCn3cnc4cc[nH]c4c3=O)[nH]c(=O)c2c1C. The molecule has 4 aromatic rings. The molecule has 0 aliphatic carbocycles. The normalized spacial score (nSPS) is 11.6. The molecule has 0 bridgehead atoms. The van der Waals surface area contributed by atoms with Crippen molar-refractivity contribution in [2.45, 2.75) is 26.8 Å². The summed E-state index contributed by atoms with van der Waals surface area (Å²) in [5, 5.41) is 0.660. The number of hydrogen-bond acceptors (Lipinski definition) is 5. The Morgan fingerprint density at radius 2 is 2.12 bits per heavy atom. The summed E-state index contributed by atoms with van der Waals surface area (Å²) >= 11 is 1.52. The van der Waals surface area contributed by atoms with Crippen LogP contribution in [0, 0.1) is 13.8 Å². The lowest BCUT2D eigenvalue weighted by atomic mass is 10.2. The van der Waals surface area contributed by atoms with Gasteiger partial charge in [0.2, 0.25) is 0 Å². The Morgan fingerprint density at radius 3 is 2.96 bits per heavy atom. The van der Waals surface area contributed by atoms with Crippen LogP contribution in [0.2, 0.25) is 0 Å². The summed E-state index contributed by atoms with van der Waals surface area (Å²) in [7, 11) is 0. The number of nitrogens with zero attached hydrogens (tertiary/aromatic N) is 3. The number of rotatable bonds is 3. The quantitative estimate of drug-likeness (QED) is 0.595. The Kier molecular flexibility index (Phi) is 3.34. The maximum absolute atomic E-state index is 12.3. The molecule has 0 unspecified atom stereocenters. The summed E-state index contributed by atoms with van der Waals surface area (Å²) in [4.78, 5) is 41.0. The Hall–Kier alpha value is -2.74. The van der Waals surface area contributed by atoms with E-state index in [1.54, 1.807) is 12.3 Å². The van der Waals surface area contributed by atoms with Crippen LogP contribution in [0.4, 0.5) is 0 Å². The lowest BCUT2D eigenvalue weighted by Gasteiger charge is -2.05. The number of aromatic nitrogens is 5. The van der Waals surface area contributed by atoms with Crippen LogP contribution in [0.3, 0.4) is 0 Å². The second kappa shape index (κ2) is 5.41. The zero-order valence-electron chi connectivity index (χ0n) is 13.2. The lowest BCUT2D eigenvalue weighted by molar-refractivity contribution is 0.643. The molecule has 0 atom stereocenters. The van der Waals surface area contributed by atoms with Crippen LogP contribution in [-0.4, -0.2) is 24.5 Å². The van der Waals surface area contributed by atoms with Crippen molar-refractivity contribution in [1.82, 2.24) is 24.5 Å². The Bertz CT molecular complexity index is 1180. The van der Waals surface area contributed by atoms with E-state index in [2.05, 4.69) is 19.9 Å². The molecule has 0 aromatic carbocycles. The second-order valence-corrected chi connectivity index (χ2v) is 6.91. The van der Waals surface area contributed by atoms with E-state index in [1.807, 2.05) is 13.8 Å². The van der Waals surface area contributed by atoms with Crippen molar-refractivity contribution in [2.24, 2.45) is 0 Å². The number of hydrogen-bond donors (Lipinski definition) is 2. The molecule has 4 rings (SSSR count). The van der Waals surface area contributed by atoms with Crippen molar-refractivity contribution in [2.75, 3.05) is 0 Å². The maximum atomic E-state index is 12.3. The molecule has 4 aromatic heterocycles. The van der Waals surface area contributed by atoms with Crippen molar-refractivity contribution < 1.29 is 0 Å². The highest BCUT2D eigenvalue weighted by atomic mass is 32.1. The Morgan fingerprint density at radius 1 is 1.29 bits per heavy atom. The van der Waals surface area contributed by atoms with Crippen LogP contribution < -0.4 is 11.1 Å². The molecule has 0 aliphatic heterocycles. The van der Waals surface area contributed by atoms with Crippen LogP contribution in [0.5, 0.6) is 0 Å². The van der Waals surface area contributed by atoms with Gasteiger partial charge in [-0.3, -0.25) is 14.2 Å². The summed E-state index contributed by atoms with van der Waals surface area (Å²) < 4.78 is 1.52. The fourth-order valence-corrected chi connectivity index (χ4v) is 3.82. The van der Waals surface area contributed by atoms with E-state index in [4.69, 9.17) is 0 Å². The standard InChI is InChI=1S/C16H15N5O2S/c1-8-9(2)24-15-12(8)14(22)19-11(20-15)4-6-21-7-18-10-3-5-17-13(10)16(21)23/h3,5,7,17H,4,6H2,1-2H3,(H,19,20,22). The molecule has 0 saturated carbocycles. The summed E-state index contributed by atoms with van der Waals surface area (Å²) in [6, 6.07) is 1.76. The molecular formula is C16H15N5O2S. The average Bonchev–Trinajstić information content (AvgIpc) is 3.13. The molecule has 0 aliphatic rings. The Balaban J connectivity index is 1.68. The van der Waals surface area contributed by atoms with Crippen LogP contribution in [-0.2, 0) is 13.0 Å². The molecule has 7 nitrogen and oxygen atoms in total. The minimum absolute atomic E-state index is 0.123.